The molecule has 0 saturated carbocycles. The van der Waals surface area contributed by atoms with Gasteiger partial charge in [-0.3, -0.25) is 0 Å². The van der Waals surface area contributed by atoms with Crippen LogP contribution in [0.15, 0.2) is 12.1 Å². The van der Waals surface area contributed by atoms with Crippen LogP contribution in [-0.4, -0.2) is 7.05 Å². The molecule has 0 amide bonds. The summed E-state index contributed by atoms with van der Waals surface area (Å²) >= 11 is 0. The van der Waals surface area contributed by atoms with Crippen LogP contribution in [0.1, 0.15) is 30.5 Å². The van der Waals surface area contributed by atoms with Crippen LogP contribution in [-0.2, 0) is 12.8 Å². The van der Waals surface area contributed by atoms with Gasteiger partial charge in [0.2, 0.25) is 0 Å². The fourth-order valence-corrected chi connectivity index (χ4v) is 1.72. The van der Waals surface area contributed by atoms with Gasteiger partial charge in [-0.15, -0.1) is 0 Å². The molecule has 0 aromatic heterocycles. The Kier molecular flexibility index (Phi) is 3.35. The third-order valence-electron chi connectivity index (χ3n) is 2.67. The number of nitrogens with one attached hydrogen (secondary N) is 1. The second-order valence-corrected chi connectivity index (χ2v) is 3.38. The van der Waals surface area contributed by atoms with Gasteiger partial charge in [-0.05, 0) is 48.6 Å². The van der Waals surface area contributed by atoms with Crippen molar-refractivity contribution in [2.75, 3.05) is 12.4 Å². The Morgan fingerprint density at radius 1 is 1.08 bits per heavy atom. The first kappa shape index (κ1) is 10.1. The van der Waals surface area contributed by atoms with Crippen molar-refractivity contribution in [3.8, 4) is 0 Å². The average Bonchev–Trinajstić information content (AvgIpc) is 2.18. The van der Waals surface area contributed by atoms with Crippen molar-refractivity contribution in [2.45, 2.75) is 33.6 Å². The Labute approximate surface area is 81.2 Å². The van der Waals surface area contributed by atoms with E-state index in [4.69, 9.17) is 0 Å². The van der Waals surface area contributed by atoms with E-state index in [1.807, 2.05) is 7.05 Å². The molecule has 0 aliphatic heterocycles. The van der Waals surface area contributed by atoms with E-state index in [0.29, 0.717) is 0 Å². The molecular weight excluding hydrogens is 158 g/mol. The molecule has 0 saturated heterocycles. The summed E-state index contributed by atoms with van der Waals surface area (Å²) in [6.45, 7) is 6.64. The zero-order valence-corrected chi connectivity index (χ0v) is 9.07. The smallest absolute Gasteiger partial charge is 0.0343 e. The summed E-state index contributed by atoms with van der Waals surface area (Å²) < 4.78 is 0. The van der Waals surface area contributed by atoms with Crippen molar-refractivity contribution < 1.29 is 0 Å². The van der Waals surface area contributed by atoms with Gasteiger partial charge in [-0.2, -0.15) is 0 Å². The van der Waals surface area contributed by atoms with E-state index in [1.54, 1.807) is 0 Å². The lowest BCUT2D eigenvalue weighted by atomic mass is 9.98. The maximum atomic E-state index is 3.20. The minimum atomic E-state index is 1.12. The van der Waals surface area contributed by atoms with Gasteiger partial charge in [0.15, 0.2) is 0 Å². The Morgan fingerprint density at radius 3 is 1.85 bits per heavy atom. The van der Waals surface area contributed by atoms with E-state index < -0.39 is 0 Å². The first-order valence-corrected chi connectivity index (χ1v) is 5.03. The summed E-state index contributed by atoms with van der Waals surface area (Å²) in [7, 11) is 1.98. The summed E-state index contributed by atoms with van der Waals surface area (Å²) in [5.41, 5.74) is 5.62. The molecule has 0 spiro atoms. The summed E-state index contributed by atoms with van der Waals surface area (Å²) in [5.74, 6) is 0. The molecule has 0 bridgehead atoms. The van der Waals surface area contributed by atoms with Crippen LogP contribution in [0.4, 0.5) is 5.69 Å². The minimum absolute atomic E-state index is 1.12. The van der Waals surface area contributed by atoms with E-state index in [9.17, 15) is 0 Å². The van der Waals surface area contributed by atoms with Crippen molar-refractivity contribution in [3.63, 3.8) is 0 Å². The van der Waals surface area contributed by atoms with Crippen LogP contribution in [0.5, 0.6) is 0 Å². The van der Waals surface area contributed by atoms with Crippen molar-refractivity contribution in [2.24, 2.45) is 0 Å². The molecule has 0 heterocycles. The van der Waals surface area contributed by atoms with Gasteiger partial charge in [0.05, 0.1) is 0 Å². The van der Waals surface area contributed by atoms with Gasteiger partial charge in [0.25, 0.3) is 0 Å². The van der Waals surface area contributed by atoms with Gasteiger partial charge in [-0.1, -0.05) is 13.8 Å². The Balaban J connectivity index is 3.20. The summed E-state index contributed by atoms with van der Waals surface area (Å²) in [4.78, 5) is 0. The van der Waals surface area contributed by atoms with Crippen LogP contribution >= 0.6 is 0 Å². The van der Waals surface area contributed by atoms with Gasteiger partial charge in [-0.25, -0.2) is 0 Å². The first-order valence-electron chi connectivity index (χ1n) is 5.03. The Hall–Kier alpha value is -0.980. The van der Waals surface area contributed by atoms with Crippen molar-refractivity contribution in [3.05, 3.63) is 28.8 Å². The number of anilines is 1. The SMILES string of the molecule is CCc1cc(NC)cc(CC)c1C. The molecule has 0 unspecified atom stereocenters. The van der Waals surface area contributed by atoms with Gasteiger partial charge in [0, 0.05) is 12.7 Å². The molecular formula is C12H19N. The lowest BCUT2D eigenvalue weighted by Gasteiger charge is -2.11. The number of aryl methyl sites for hydroxylation is 2. The summed E-state index contributed by atoms with van der Waals surface area (Å²) in [5, 5.41) is 3.20. The average molecular weight is 177 g/mol. The highest BCUT2D eigenvalue weighted by Gasteiger charge is 2.03. The quantitative estimate of drug-likeness (QED) is 0.747. The highest BCUT2D eigenvalue weighted by Crippen LogP contribution is 2.21. The first-order chi connectivity index (χ1) is 6.22. The van der Waals surface area contributed by atoms with Crippen molar-refractivity contribution >= 4 is 5.69 Å². The van der Waals surface area contributed by atoms with Gasteiger partial charge < -0.3 is 5.32 Å². The normalized spacial score (nSPS) is 10.2. The number of hydrogen-bond acceptors (Lipinski definition) is 1. The molecule has 1 rings (SSSR count). The van der Waals surface area contributed by atoms with E-state index in [2.05, 4.69) is 38.2 Å². The van der Waals surface area contributed by atoms with Crippen LogP contribution in [0.2, 0.25) is 0 Å². The molecule has 0 atom stereocenters. The van der Waals surface area contributed by atoms with E-state index >= 15 is 0 Å². The maximum Gasteiger partial charge on any atom is 0.0343 e. The zero-order valence-electron chi connectivity index (χ0n) is 9.07. The van der Waals surface area contributed by atoms with Crippen LogP contribution in [0.3, 0.4) is 0 Å². The topological polar surface area (TPSA) is 12.0 Å². The summed E-state index contributed by atoms with van der Waals surface area (Å²) in [6.07, 6.45) is 2.24. The summed E-state index contributed by atoms with van der Waals surface area (Å²) in [6, 6.07) is 4.49. The molecule has 0 aliphatic carbocycles. The highest BCUT2D eigenvalue weighted by atomic mass is 14.8. The maximum absolute atomic E-state index is 3.20. The Bertz CT molecular complexity index is 264. The van der Waals surface area contributed by atoms with Crippen molar-refractivity contribution in [1.82, 2.24) is 0 Å². The third kappa shape index (κ3) is 2.03. The largest absolute Gasteiger partial charge is 0.388 e. The van der Waals surface area contributed by atoms with Gasteiger partial charge in [0.1, 0.15) is 0 Å². The zero-order chi connectivity index (χ0) is 9.84. The molecule has 1 aromatic carbocycles. The van der Waals surface area contributed by atoms with E-state index in [-0.39, 0.29) is 0 Å². The fourth-order valence-electron chi connectivity index (χ4n) is 1.72. The molecule has 1 nitrogen and oxygen atoms in total. The Morgan fingerprint density at radius 2 is 1.54 bits per heavy atom. The molecule has 72 valence electrons. The predicted molar refractivity (Wildman–Crippen MR) is 59.5 cm³/mol. The minimum Gasteiger partial charge on any atom is -0.388 e. The van der Waals surface area contributed by atoms with Crippen molar-refractivity contribution in [1.29, 1.82) is 0 Å². The molecule has 0 radical (unpaired) electrons. The van der Waals surface area contributed by atoms with E-state index in [1.165, 1.54) is 22.4 Å². The lowest BCUT2D eigenvalue weighted by molar-refractivity contribution is 1.05. The number of benzene rings is 1. The van der Waals surface area contributed by atoms with Gasteiger partial charge >= 0.3 is 0 Å². The molecule has 1 heteroatoms. The monoisotopic (exact) mass is 177 g/mol. The molecule has 1 N–H and O–H groups in total. The van der Waals surface area contributed by atoms with E-state index in [0.717, 1.165) is 12.8 Å². The number of hydrogen-bond donors (Lipinski definition) is 1. The highest BCUT2D eigenvalue weighted by molar-refractivity contribution is 5.52. The molecule has 13 heavy (non-hydrogen) atoms. The molecule has 1 aromatic rings. The molecule has 0 fully saturated rings. The second kappa shape index (κ2) is 4.31. The van der Waals surface area contributed by atoms with Crippen LogP contribution in [0.25, 0.3) is 0 Å². The number of rotatable bonds is 3. The molecule has 0 aliphatic rings. The third-order valence-corrected chi connectivity index (χ3v) is 2.67. The van der Waals surface area contributed by atoms with Crippen LogP contribution in [0, 0.1) is 6.92 Å². The second-order valence-electron chi connectivity index (χ2n) is 3.38. The lowest BCUT2D eigenvalue weighted by Crippen LogP contribution is -1.97. The fraction of sp³-hybridized carbons (Fsp3) is 0.500. The van der Waals surface area contributed by atoms with Crippen LogP contribution < -0.4 is 5.32 Å². The predicted octanol–water partition coefficient (Wildman–Crippen LogP) is 3.16. The standard InChI is InChI=1S/C12H19N/c1-5-10-7-12(13-4)8-11(6-2)9(10)3/h7-8,13H,5-6H2,1-4H3.